The van der Waals surface area contributed by atoms with Gasteiger partial charge in [0.1, 0.15) is 12.6 Å². The molecule has 1 aromatic carbocycles. The molecule has 1 aliphatic rings. The molecule has 0 aromatic heterocycles. The van der Waals surface area contributed by atoms with E-state index in [2.05, 4.69) is 5.32 Å². The van der Waals surface area contributed by atoms with Crippen molar-refractivity contribution in [3.05, 3.63) is 34.9 Å². The van der Waals surface area contributed by atoms with Gasteiger partial charge in [0.2, 0.25) is 0 Å². The lowest BCUT2D eigenvalue weighted by atomic mass is 9.91. The summed E-state index contributed by atoms with van der Waals surface area (Å²) in [6, 6.07) is -1.61. The number of hydrogen-bond acceptors (Lipinski definition) is 3. The first-order chi connectivity index (χ1) is 11.9. The van der Waals surface area contributed by atoms with E-state index in [0.29, 0.717) is 12.1 Å². The SMILES string of the molecule is Cl.OCC(F)(F)[C@@H](c1ccc(C(F)(F)F)cc1C(F)(F)F)N1CCNCC1. The lowest BCUT2D eigenvalue weighted by Gasteiger charge is -2.39. The van der Waals surface area contributed by atoms with Crippen molar-refractivity contribution in [3.63, 3.8) is 0 Å². The number of hydrogen-bond donors (Lipinski definition) is 2. The number of aliphatic hydroxyl groups is 1. The van der Waals surface area contributed by atoms with Crippen molar-refractivity contribution in [2.75, 3.05) is 32.8 Å². The zero-order valence-electron chi connectivity index (χ0n) is 13.7. The summed E-state index contributed by atoms with van der Waals surface area (Å²) >= 11 is 0. The molecule has 0 spiro atoms. The highest BCUT2D eigenvalue weighted by Crippen LogP contribution is 2.44. The Morgan fingerprint density at radius 1 is 0.963 bits per heavy atom. The maximum Gasteiger partial charge on any atom is 0.416 e. The molecule has 2 N–H and O–H groups in total. The average molecular weight is 429 g/mol. The second-order valence-corrected chi connectivity index (χ2v) is 5.91. The monoisotopic (exact) mass is 428 g/mol. The molecule has 1 aromatic rings. The molecule has 1 atom stereocenters. The smallest absolute Gasteiger partial charge is 0.390 e. The third kappa shape index (κ3) is 5.43. The van der Waals surface area contributed by atoms with Gasteiger partial charge in [0.05, 0.1) is 11.1 Å². The van der Waals surface area contributed by atoms with Gasteiger partial charge in [-0.05, 0) is 17.7 Å². The van der Waals surface area contributed by atoms with Crippen molar-refractivity contribution in [1.82, 2.24) is 10.2 Å². The van der Waals surface area contributed by atoms with Crippen molar-refractivity contribution < 1.29 is 40.2 Å². The third-order valence-electron chi connectivity index (χ3n) is 4.11. The normalized spacial score (nSPS) is 18.1. The molecule has 1 aliphatic heterocycles. The Balaban J connectivity index is 0.00000364. The lowest BCUT2D eigenvalue weighted by Crippen LogP contribution is -2.51. The molecule has 2 rings (SSSR count). The van der Waals surface area contributed by atoms with E-state index in [0.717, 1.165) is 4.90 Å². The number of nitrogens with zero attached hydrogens (tertiary/aromatic N) is 1. The first-order valence-electron chi connectivity index (χ1n) is 7.59. The third-order valence-corrected chi connectivity index (χ3v) is 4.11. The van der Waals surface area contributed by atoms with Gasteiger partial charge in [0, 0.05) is 26.2 Å². The van der Waals surface area contributed by atoms with Gasteiger partial charge in [-0.1, -0.05) is 6.07 Å². The van der Waals surface area contributed by atoms with Crippen LogP contribution in [0.25, 0.3) is 0 Å². The number of rotatable bonds is 4. The first-order valence-corrected chi connectivity index (χ1v) is 7.59. The van der Waals surface area contributed by atoms with Crippen molar-refractivity contribution in [1.29, 1.82) is 0 Å². The molecular weight excluding hydrogens is 412 g/mol. The van der Waals surface area contributed by atoms with Gasteiger partial charge < -0.3 is 10.4 Å². The molecule has 156 valence electrons. The van der Waals surface area contributed by atoms with Crippen LogP contribution in [0.5, 0.6) is 0 Å². The van der Waals surface area contributed by atoms with Crippen LogP contribution in [0.1, 0.15) is 22.7 Å². The minimum atomic E-state index is -5.27. The number of piperazine rings is 1. The van der Waals surface area contributed by atoms with Crippen LogP contribution in [0.4, 0.5) is 35.1 Å². The molecule has 1 heterocycles. The van der Waals surface area contributed by atoms with Crippen LogP contribution in [0.15, 0.2) is 18.2 Å². The summed E-state index contributed by atoms with van der Waals surface area (Å²) in [5.74, 6) is -3.98. The van der Waals surface area contributed by atoms with Gasteiger partial charge in [-0.3, -0.25) is 4.90 Å². The van der Waals surface area contributed by atoms with Gasteiger partial charge in [-0.2, -0.15) is 26.3 Å². The van der Waals surface area contributed by atoms with Crippen LogP contribution in [0.3, 0.4) is 0 Å². The van der Waals surface area contributed by atoms with Gasteiger partial charge in [-0.25, -0.2) is 8.78 Å². The fraction of sp³-hybridized carbons (Fsp3) is 0.600. The van der Waals surface area contributed by atoms with E-state index in [1.165, 1.54) is 0 Å². The second kappa shape index (κ2) is 8.46. The van der Waals surface area contributed by atoms with Crippen molar-refractivity contribution in [3.8, 4) is 0 Å². The summed E-state index contributed by atoms with van der Waals surface area (Å²) in [4.78, 5) is 1.03. The van der Waals surface area contributed by atoms with E-state index >= 15 is 0 Å². The molecule has 27 heavy (non-hydrogen) atoms. The molecule has 12 heteroatoms. The zero-order chi connectivity index (χ0) is 19.8. The van der Waals surface area contributed by atoms with Crippen LogP contribution in [0, 0.1) is 0 Å². The Kier molecular flexibility index (Phi) is 7.48. The quantitative estimate of drug-likeness (QED) is 0.718. The fourth-order valence-electron chi connectivity index (χ4n) is 2.93. The van der Waals surface area contributed by atoms with E-state index in [9.17, 15) is 35.1 Å². The zero-order valence-corrected chi connectivity index (χ0v) is 14.5. The summed E-state index contributed by atoms with van der Waals surface area (Å²) in [7, 11) is 0. The van der Waals surface area contributed by atoms with Gasteiger partial charge in [0.15, 0.2) is 0 Å². The molecule has 0 saturated carbocycles. The highest BCUT2D eigenvalue weighted by Gasteiger charge is 2.48. The summed E-state index contributed by atoms with van der Waals surface area (Å²) in [6.07, 6.45) is -10.3. The van der Waals surface area contributed by atoms with Crippen LogP contribution in [-0.4, -0.2) is 48.7 Å². The Labute approximate surface area is 155 Å². The summed E-state index contributed by atoms with van der Waals surface area (Å²) in [6.45, 7) is -1.38. The molecule has 1 saturated heterocycles. The minimum Gasteiger partial charge on any atom is -0.390 e. The van der Waals surface area contributed by atoms with E-state index in [-0.39, 0.29) is 44.7 Å². The Hall–Kier alpha value is -1.17. The standard InChI is InChI=1S/C15H16F8N2O.ClH/c16-13(17,8-26)12(25-5-3-24-4-6-25)10-2-1-9(14(18,19)20)7-11(10)15(21,22)23;/h1-2,7,12,24,26H,3-6,8H2;1H/t12-;/m1./s1. The highest BCUT2D eigenvalue weighted by molar-refractivity contribution is 5.85. The van der Waals surface area contributed by atoms with Crippen LogP contribution < -0.4 is 5.32 Å². The summed E-state index contributed by atoms with van der Waals surface area (Å²) < 4.78 is 107. The predicted octanol–water partition coefficient (Wildman–Crippen LogP) is 3.72. The van der Waals surface area contributed by atoms with E-state index < -0.39 is 47.6 Å². The maximum absolute atomic E-state index is 14.3. The largest absolute Gasteiger partial charge is 0.416 e. The Bertz CT molecular complexity index is 629. The van der Waals surface area contributed by atoms with Crippen molar-refractivity contribution >= 4 is 12.4 Å². The molecule has 0 unspecified atom stereocenters. The minimum absolute atomic E-state index is 0. The molecule has 0 bridgehead atoms. The number of alkyl halides is 8. The number of nitrogens with one attached hydrogen (secondary N) is 1. The van der Waals surface area contributed by atoms with E-state index in [4.69, 9.17) is 5.11 Å². The fourth-order valence-corrected chi connectivity index (χ4v) is 2.93. The van der Waals surface area contributed by atoms with Crippen molar-refractivity contribution in [2.45, 2.75) is 24.3 Å². The Morgan fingerprint density at radius 2 is 1.52 bits per heavy atom. The van der Waals surface area contributed by atoms with Gasteiger partial charge in [0.25, 0.3) is 5.92 Å². The summed E-state index contributed by atoms with van der Waals surface area (Å²) in [5.41, 5.74) is -4.37. The Morgan fingerprint density at radius 3 is 1.96 bits per heavy atom. The van der Waals surface area contributed by atoms with Crippen molar-refractivity contribution in [2.24, 2.45) is 0 Å². The van der Waals surface area contributed by atoms with E-state index in [1.807, 2.05) is 0 Å². The molecular formula is C15H17ClF8N2O. The average Bonchev–Trinajstić information content (AvgIpc) is 2.54. The topological polar surface area (TPSA) is 35.5 Å². The number of halogens is 9. The molecule has 0 amide bonds. The van der Waals surface area contributed by atoms with Gasteiger partial charge in [-0.15, -0.1) is 12.4 Å². The second-order valence-electron chi connectivity index (χ2n) is 5.91. The molecule has 3 nitrogen and oxygen atoms in total. The van der Waals surface area contributed by atoms with E-state index in [1.54, 1.807) is 0 Å². The number of benzene rings is 1. The maximum atomic E-state index is 14.3. The summed E-state index contributed by atoms with van der Waals surface area (Å²) in [5, 5.41) is 11.8. The first kappa shape index (κ1) is 23.9. The van der Waals surface area contributed by atoms with Gasteiger partial charge >= 0.3 is 12.4 Å². The molecule has 1 fully saturated rings. The van der Waals surface area contributed by atoms with Crippen LogP contribution >= 0.6 is 12.4 Å². The molecule has 0 aliphatic carbocycles. The lowest BCUT2D eigenvalue weighted by molar-refractivity contribution is -0.147. The highest BCUT2D eigenvalue weighted by atomic mass is 35.5. The van der Waals surface area contributed by atoms with Crippen LogP contribution in [-0.2, 0) is 12.4 Å². The number of aliphatic hydroxyl groups excluding tert-OH is 1. The molecule has 0 radical (unpaired) electrons. The predicted molar refractivity (Wildman–Crippen MR) is 82.9 cm³/mol. The van der Waals surface area contributed by atoms with Crippen LogP contribution in [0.2, 0.25) is 0 Å².